The molecular weight excluding hydrogens is 222 g/mol. The van der Waals surface area contributed by atoms with E-state index in [0.717, 1.165) is 12.8 Å². The van der Waals surface area contributed by atoms with Gasteiger partial charge in [-0.3, -0.25) is 4.79 Å². The van der Waals surface area contributed by atoms with Crippen molar-refractivity contribution in [1.29, 1.82) is 0 Å². The first-order chi connectivity index (χ1) is 8.50. The molecule has 0 aliphatic rings. The normalized spacial score (nSPS) is 11.6. The maximum absolute atomic E-state index is 12.6. The number of Topliss-reactive ketones (excluding diaryl/α,β-unsaturated/α-hetero) is 1. The summed E-state index contributed by atoms with van der Waals surface area (Å²) in [4.78, 5) is 12.6. The van der Waals surface area contributed by atoms with Gasteiger partial charge in [-0.2, -0.15) is 0 Å². The molecule has 0 atom stereocenters. The third-order valence-corrected chi connectivity index (χ3v) is 4.32. The van der Waals surface area contributed by atoms with Crippen LogP contribution in [0.4, 0.5) is 0 Å². The maximum atomic E-state index is 12.6. The van der Waals surface area contributed by atoms with Crippen molar-refractivity contribution in [1.82, 2.24) is 0 Å². The number of benzene rings is 1. The number of carbonyl (C=O) groups excluding carboxylic acids is 1. The minimum Gasteiger partial charge on any atom is -0.329 e. The molecule has 2 N–H and O–H groups in total. The van der Waals surface area contributed by atoms with E-state index in [-0.39, 0.29) is 11.2 Å². The second kappa shape index (κ2) is 6.14. The molecule has 0 fully saturated rings. The van der Waals surface area contributed by atoms with Gasteiger partial charge in [0.2, 0.25) is 0 Å². The predicted octanol–water partition coefficient (Wildman–Crippen LogP) is 3.18. The van der Waals surface area contributed by atoms with Gasteiger partial charge < -0.3 is 5.73 Å². The average molecular weight is 247 g/mol. The van der Waals surface area contributed by atoms with Crippen LogP contribution in [0.2, 0.25) is 0 Å². The molecule has 1 aromatic carbocycles. The zero-order chi connectivity index (χ0) is 13.8. The first kappa shape index (κ1) is 14.9. The van der Waals surface area contributed by atoms with Crippen LogP contribution in [-0.4, -0.2) is 12.3 Å². The number of aryl methyl sites for hydroxylation is 2. The van der Waals surface area contributed by atoms with Crippen LogP contribution in [0.15, 0.2) is 18.2 Å². The summed E-state index contributed by atoms with van der Waals surface area (Å²) in [6.07, 6.45) is 2.16. The highest BCUT2D eigenvalue weighted by Crippen LogP contribution is 2.29. The zero-order valence-corrected chi connectivity index (χ0v) is 12.0. The van der Waals surface area contributed by atoms with Gasteiger partial charge in [-0.15, -0.1) is 0 Å². The Bertz CT molecular complexity index is 391. The Hall–Kier alpha value is -1.15. The number of hydrogen-bond acceptors (Lipinski definition) is 2. The van der Waals surface area contributed by atoms with Gasteiger partial charge in [0.15, 0.2) is 0 Å². The minimum atomic E-state index is -0.339. The van der Waals surface area contributed by atoms with Crippen LogP contribution >= 0.6 is 0 Å². The molecule has 0 bridgehead atoms. The topological polar surface area (TPSA) is 43.1 Å². The summed E-state index contributed by atoms with van der Waals surface area (Å²) in [6, 6.07) is 6.17. The minimum absolute atomic E-state index is 0.285. The number of hydrogen-bond donors (Lipinski definition) is 1. The molecule has 0 saturated heterocycles. The fourth-order valence-corrected chi connectivity index (χ4v) is 2.52. The average Bonchev–Trinajstić information content (AvgIpc) is 2.37. The molecule has 2 nitrogen and oxygen atoms in total. The van der Waals surface area contributed by atoms with Crippen LogP contribution < -0.4 is 5.73 Å². The molecular formula is C16H25NO. The van der Waals surface area contributed by atoms with E-state index in [4.69, 9.17) is 5.73 Å². The highest BCUT2D eigenvalue weighted by atomic mass is 16.1. The molecule has 18 heavy (non-hydrogen) atoms. The molecule has 1 rings (SSSR count). The van der Waals surface area contributed by atoms with Gasteiger partial charge in [0.1, 0.15) is 5.78 Å². The number of ketones is 1. The van der Waals surface area contributed by atoms with E-state index in [1.54, 1.807) is 0 Å². The molecule has 0 radical (unpaired) electrons. The molecule has 0 unspecified atom stereocenters. The standard InChI is InChI=1S/C16H25NO/c1-5-16(6-2,11-17)15(18)10-14-12(3)8-7-9-13(14)4/h7-9H,5-6,10-11,17H2,1-4H3. The van der Waals surface area contributed by atoms with Gasteiger partial charge in [-0.1, -0.05) is 32.0 Å². The van der Waals surface area contributed by atoms with Crippen molar-refractivity contribution in [3.8, 4) is 0 Å². The molecule has 0 aliphatic heterocycles. The second-order valence-corrected chi connectivity index (χ2v) is 5.16. The highest BCUT2D eigenvalue weighted by Gasteiger charge is 2.33. The molecule has 1 aromatic rings. The van der Waals surface area contributed by atoms with Crippen LogP contribution in [0.1, 0.15) is 43.4 Å². The first-order valence-corrected chi connectivity index (χ1v) is 6.79. The number of rotatable bonds is 6. The Kier molecular flexibility index (Phi) is 5.09. The quantitative estimate of drug-likeness (QED) is 0.839. The van der Waals surface area contributed by atoms with Gasteiger partial charge in [-0.05, 0) is 43.4 Å². The van der Waals surface area contributed by atoms with Crippen molar-refractivity contribution in [2.45, 2.75) is 47.0 Å². The Morgan fingerprint density at radius 2 is 1.67 bits per heavy atom. The monoisotopic (exact) mass is 247 g/mol. The van der Waals surface area contributed by atoms with E-state index < -0.39 is 0 Å². The summed E-state index contributed by atoms with van der Waals surface area (Å²) in [6.45, 7) is 8.69. The lowest BCUT2D eigenvalue weighted by molar-refractivity contribution is -0.128. The van der Waals surface area contributed by atoms with Gasteiger partial charge in [-0.25, -0.2) is 0 Å². The highest BCUT2D eigenvalue weighted by molar-refractivity contribution is 5.87. The van der Waals surface area contributed by atoms with Crippen molar-refractivity contribution in [2.24, 2.45) is 11.1 Å². The number of nitrogens with two attached hydrogens (primary N) is 1. The van der Waals surface area contributed by atoms with E-state index in [1.807, 2.05) is 6.07 Å². The summed E-state index contributed by atoms with van der Waals surface area (Å²) in [5.74, 6) is 0.285. The molecule has 0 spiro atoms. The Labute approximate surface area is 111 Å². The van der Waals surface area contributed by atoms with Gasteiger partial charge in [0.25, 0.3) is 0 Å². The largest absolute Gasteiger partial charge is 0.329 e. The second-order valence-electron chi connectivity index (χ2n) is 5.16. The lowest BCUT2D eigenvalue weighted by Gasteiger charge is -2.29. The molecule has 0 amide bonds. The summed E-state index contributed by atoms with van der Waals surface area (Å²) in [5, 5.41) is 0. The Morgan fingerprint density at radius 3 is 2.06 bits per heavy atom. The van der Waals surface area contributed by atoms with Crippen LogP contribution in [0.5, 0.6) is 0 Å². The summed E-state index contributed by atoms with van der Waals surface area (Å²) >= 11 is 0. The zero-order valence-electron chi connectivity index (χ0n) is 12.0. The summed E-state index contributed by atoms with van der Waals surface area (Å²) < 4.78 is 0. The van der Waals surface area contributed by atoms with E-state index >= 15 is 0 Å². The van der Waals surface area contributed by atoms with E-state index in [2.05, 4.69) is 39.8 Å². The Balaban J connectivity index is 3.00. The smallest absolute Gasteiger partial charge is 0.144 e. The van der Waals surface area contributed by atoms with Crippen molar-refractivity contribution < 1.29 is 4.79 Å². The molecule has 2 heteroatoms. The van der Waals surface area contributed by atoms with Crippen molar-refractivity contribution >= 4 is 5.78 Å². The van der Waals surface area contributed by atoms with Gasteiger partial charge in [0.05, 0.1) is 0 Å². The predicted molar refractivity (Wildman–Crippen MR) is 76.7 cm³/mol. The fourth-order valence-electron chi connectivity index (χ4n) is 2.52. The van der Waals surface area contributed by atoms with Gasteiger partial charge in [0, 0.05) is 18.4 Å². The fraction of sp³-hybridized carbons (Fsp3) is 0.562. The first-order valence-electron chi connectivity index (χ1n) is 6.79. The molecule has 0 aromatic heterocycles. The van der Waals surface area contributed by atoms with E-state index in [9.17, 15) is 4.79 Å². The lowest BCUT2D eigenvalue weighted by Crippen LogP contribution is -2.38. The van der Waals surface area contributed by atoms with Crippen molar-refractivity contribution in [3.05, 3.63) is 34.9 Å². The lowest BCUT2D eigenvalue weighted by atomic mass is 9.75. The summed E-state index contributed by atoms with van der Waals surface area (Å²) in [5.41, 5.74) is 9.06. The summed E-state index contributed by atoms with van der Waals surface area (Å²) in [7, 11) is 0. The van der Waals surface area contributed by atoms with Crippen molar-refractivity contribution in [2.75, 3.05) is 6.54 Å². The maximum Gasteiger partial charge on any atom is 0.144 e. The van der Waals surface area contributed by atoms with Crippen LogP contribution in [-0.2, 0) is 11.2 Å². The SMILES string of the molecule is CCC(CC)(CN)C(=O)Cc1c(C)cccc1C. The van der Waals surface area contributed by atoms with Gasteiger partial charge >= 0.3 is 0 Å². The van der Waals surface area contributed by atoms with E-state index in [1.165, 1.54) is 16.7 Å². The third-order valence-electron chi connectivity index (χ3n) is 4.32. The molecule has 0 aliphatic carbocycles. The molecule has 100 valence electrons. The van der Waals surface area contributed by atoms with Crippen LogP contribution in [0.25, 0.3) is 0 Å². The van der Waals surface area contributed by atoms with Crippen LogP contribution in [0, 0.1) is 19.3 Å². The van der Waals surface area contributed by atoms with Crippen LogP contribution in [0.3, 0.4) is 0 Å². The van der Waals surface area contributed by atoms with E-state index in [0.29, 0.717) is 13.0 Å². The molecule has 0 heterocycles. The molecule has 0 saturated carbocycles. The Morgan fingerprint density at radius 1 is 1.17 bits per heavy atom. The van der Waals surface area contributed by atoms with Crippen molar-refractivity contribution in [3.63, 3.8) is 0 Å². The number of carbonyl (C=O) groups is 1. The third kappa shape index (κ3) is 2.81.